The molecule has 148 valence electrons. The van der Waals surface area contributed by atoms with Crippen molar-refractivity contribution in [2.75, 3.05) is 6.61 Å². The minimum absolute atomic E-state index is 0.105. The number of carbonyl (C=O) groups excluding carboxylic acids is 1. The van der Waals surface area contributed by atoms with Crippen molar-refractivity contribution < 1.29 is 14.6 Å². The van der Waals surface area contributed by atoms with Crippen LogP contribution in [0.1, 0.15) is 73.9 Å². The zero-order valence-electron chi connectivity index (χ0n) is 16.8. The van der Waals surface area contributed by atoms with Gasteiger partial charge in [0, 0.05) is 12.3 Å². The molecule has 1 aromatic heterocycles. The predicted molar refractivity (Wildman–Crippen MR) is 110 cm³/mol. The van der Waals surface area contributed by atoms with Crippen LogP contribution in [0.2, 0.25) is 0 Å². The number of carbonyl (C=O) groups is 1. The molecule has 1 unspecified atom stereocenters. The molecule has 0 amide bonds. The van der Waals surface area contributed by atoms with Crippen molar-refractivity contribution in [1.82, 2.24) is 4.98 Å². The van der Waals surface area contributed by atoms with Gasteiger partial charge in [-0.15, -0.1) is 11.3 Å². The summed E-state index contributed by atoms with van der Waals surface area (Å²) in [6.45, 7) is 8.81. The Morgan fingerprint density at radius 1 is 1.22 bits per heavy atom. The van der Waals surface area contributed by atoms with Crippen molar-refractivity contribution in [2.45, 2.75) is 65.7 Å². The van der Waals surface area contributed by atoms with Gasteiger partial charge in [0.25, 0.3) is 0 Å². The van der Waals surface area contributed by atoms with Crippen LogP contribution in [0.5, 0.6) is 5.88 Å². The standard InChI is InChI=1S/C22H31NO3S/c1-5-18(17-12-10-16(11-13-17)14-15(3)4)22-23-21(25)19(27-22)8-7-9-20(24)26-6-2/h10-13,15,18,25H,5-9,14H2,1-4H3. The molecule has 2 aromatic rings. The summed E-state index contributed by atoms with van der Waals surface area (Å²) in [5, 5.41) is 11.2. The van der Waals surface area contributed by atoms with Gasteiger partial charge in [-0.1, -0.05) is 45.0 Å². The van der Waals surface area contributed by atoms with E-state index in [0.717, 1.165) is 22.7 Å². The first-order chi connectivity index (χ1) is 12.9. The van der Waals surface area contributed by atoms with Crippen molar-refractivity contribution in [3.63, 3.8) is 0 Å². The molecule has 0 bridgehead atoms. The van der Waals surface area contributed by atoms with Crippen molar-refractivity contribution in [3.8, 4) is 5.88 Å². The van der Waals surface area contributed by atoms with Gasteiger partial charge in [0.1, 0.15) is 5.01 Å². The van der Waals surface area contributed by atoms with Gasteiger partial charge in [-0.3, -0.25) is 4.79 Å². The topological polar surface area (TPSA) is 59.4 Å². The Hall–Kier alpha value is -1.88. The lowest BCUT2D eigenvalue weighted by atomic mass is 9.94. The highest BCUT2D eigenvalue weighted by Crippen LogP contribution is 2.36. The van der Waals surface area contributed by atoms with Crippen molar-refractivity contribution >= 4 is 17.3 Å². The number of aryl methyl sites for hydroxylation is 1. The van der Waals surface area contributed by atoms with Gasteiger partial charge in [0.05, 0.1) is 11.5 Å². The fourth-order valence-electron chi connectivity index (χ4n) is 3.21. The number of aromatic nitrogens is 1. The summed E-state index contributed by atoms with van der Waals surface area (Å²) < 4.78 is 4.95. The maximum Gasteiger partial charge on any atom is 0.305 e. The average molecular weight is 390 g/mol. The molecular formula is C22H31NO3S. The second-order valence-corrected chi connectivity index (χ2v) is 8.37. The first-order valence-corrected chi connectivity index (χ1v) is 10.7. The number of benzene rings is 1. The van der Waals surface area contributed by atoms with Crippen LogP contribution in [-0.2, 0) is 22.4 Å². The summed E-state index contributed by atoms with van der Waals surface area (Å²) >= 11 is 1.55. The Morgan fingerprint density at radius 2 is 1.93 bits per heavy atom. The van der Waals surface area contributed by atoms with Crippen LogP contribution in [-0.4, -0.2) is 22.7 Å². The largest absolute Gasteiger partial charge is 0.492 e. The van der Waals surface area contributed by atoms with E-state index in [9.17, 15) is 9.90 Å². The lowest BCUT2D eigenvalue weighted by Gasteiger charge is -2.13. The van der Waals surface area contributed by atoms with E-state index < -0.39 is 0 Å². The molecule has 0 aliphatic rings. The SMILES string of the molecule is CCOC(=O)CCCc1sc(C(CC)c2ccc(CC(C)C)cc2)nc1O. The molecule has 1 N–H and O–H groups in total. The number of ether oxygens (including phenoxy) is 1. The van der Waals surface area contributed by atoms with E-state index in [1.807, 2.05) is 0 Å². The molecule has 0 saturated heterocycles. The smallest absolute Gasteiger partial charge is 0.305 e. The molecule has 0 fully saturated rings. The van der Waals surface area contributed by atoms with Crippen LogP contribution < -0.4 is 0 Å². The second-order valence-electron chi connectivity index (χ2n) is 7.26. The summed E-state index contributed by atoms with van der Waals surface area (Å²) in [7, 11) is 0. The summed E-state index contributed by atoms with van der Waals surface area (Å²) in [5.74, 6) is 0.752. The Balaban J connectivity index is 2.05. The monoisotopic (exact) mass is 389 g/mol. The lowest BCUT2D eigenvalue weighted by molar-refractivity contribution is -0.143. The van der Waals surface area contributed by atoms with Gasteiger partial charge in [-0.2, -0.15) is 0 Å². The Labute approximate surface area is 166 Å². The van der Waals surface area contributed by atoms with Gasteiger partial charge in [0.15, 0.2) is 0 Å². The average Bonchev–Trinajstić information content (AvgIpc) is 2.97. The Morgan fingerprint density at radius 3 is 2.52 bits per heavy atom. The van der Waals surface area contributed by atoms with Gasteiger partial charge in [-0.25, -0.2) is 4.98 Å². The minimum atomic E-state index is -0.186. The van der Waals surface area contributed by atoms with Crippen LogP contribution in [0, 0.1) is 5.92 Å². The predicted octanol–water partition coefficient (Wildman–Crippen LogP) is 5.47. The van der Waals surface area contributed by atoms with Gasteiger partial charge < -0.3 is 9.84 Å². The summed E-state index contributed by atoms with van der Waals surface area (Å²) in [5.41, 5.74) is 2.59. The number of hydrogen-bond donors (Lipinski definition) is 1. The summed E-state index contributed by atoms with van der Waals surface area (Å²) in [6.07, 6.45) is 3.69. The molecule has 0 spiro atoms. The molecule has 4 nitrogen and oxygen atoms in total. The number of hydrogen-bond acceptors (Lipinski definition) is 5. The molecular weight excluding hydrogens is 358 g/mol. The number of esters is 1. The third-order valence-electron chi connectivity index (χ3n) is 4.52. The quantitative estimate of drug-likeness (QED) is 0.547. The third kappa shape index (κ3) is 6.35. The third-order valence-corrected chi connectivity index (χ3v) is 5.73. The van der Waals surface area contributed by atoms with Gasteiger partial charge in [0.2, 0.25) is 5.88 Å². The lowest BCUT2D eigenvalue weighted by Crippen LogP contribution is -2.03. The van der Waals surface area contributed by atoms with Crippen LogP contribution in [0.3, 0.4) is 0 Å². The molecule has 0 saturated carbocycles. The van der Waals surface area contributed by atoms with Crippen LogP contribution in [0.4, 0.5) is 0 Å². The summed E-state index contributed by atoms with van der Waals surface area (Å²) in [6, 6.07) is 8.77. The number of aromatic hydroxyl groups is 1. The molecule has 0 aliphatic carbocycles. The molecule has 1 atom stereocenters. The van der Waals surface area contributed by atoms with Crippen LogP contribution in [0.15, 0.2) is 24.3 Å². The van der Waals surface area contributed by atoms with Gasteiger partial charge in [-0.05, 0) is 49.7 Å². The van der Waals surface area contributed by atoms with E-state index in [0.29, 0.717) is 31.8 Å². The maximum atomic E-state index is 11.5. The second kappa shape index (κ2) is 10.5. The van der Waals surface area contributed by atoms with Crippen molar-refractivity contribution in [2.24, 2.45) is 5.92 Å². The number of rotatable bonds is 10. The number of thiazole rings is 1. The zero-order valence-corrected chi connectivity index (χ0v) is 17.6. The molecule has 5 heteroatoms. The van der Waals surface area contributed by atoms with Gasteiger partial charge >= 0.3 is 5.97 Å². The summed E-state index contributed by atoms with van der Waals surface area (Å²) in [4.78, 5) is 16.7. The van der Waals surface area contributed by atoms with E-state index in [-0.39, 0.29) is 17.8 Å². The van der Waals surface area contributed by atoms with E-state index in [1.165, 1.54) is 11.1 Å². The normalized spacial score (nSPS) is 12.3. The fraction of sp³-hybridized carbons (Fsp3) is 0.545. The molecule has 0 aliphatic heterocycles. The van der Waals surface area contributed by atoms with E-state index in [2.05, 4.69) is 50.0 Å². The maximum absolute atomic E-state index is 11.5. The van der Waals surface area contributed by atoms with Crippen molar-refractivity contribution in [3.05, 3.63) is 45.3 Å². The minimum Gasteiger partial charge on any atom is -0.492 e. The van der Waals surface area contributed by atoms with E-state index in [4.69, 9.17) is 4.74 Å². The Bertz CT molecular complexity index is 722. The molecule has 0 radical (unpaired) electrons. The first-order valence-electron chi connectivity index (χ1n) is 9.87. The van der Waals surface area contributed by atoms with E-state index in [1.54, 1.807) is 18.3 Å². The molecule has 27 heavy (non-hydrogen) atoms. The molecule has 1 heterocycles. The van der Waals surface area contributed by atoms with Crippen molar-refractivity contribution in [1.29, 1.82) is 0 Å². The Kier molecular flexibility index (Phi) is 8.29. The highest BCUT2D eigenvalue weighted by molar-refractivity contribution is 7.12. The van der Waals surface area contributed by atoms with Crippen LogP contribution >= 0.6 is 11.3 Å². The fourth-order valence-corrected chi connectivity index (χ4v) is 4.42. The first kappa shape index (κ1) is 21.4. The van der Waals surface area contributed by atoms with E-state index >= 15 is 0 Å². The highest BCUT2D eigenvalue weighted by atomic mass is 32.1. The molecule has 2 rings (SSSR count). The van der Waals surface area contributed by atoms with Crippen LogP contribution in [0.25, 0.3) is 0 Å². The highest BCUT2D eigenvalue weighted by Gasteiger charge is 2.19. The molecule has 1 aromatic carbocycles. The zero-order chi connectivity index (χ0) is 19.8. The number of nitrogens with zero attached hydrogens (tertiary/aromatic N) is 1.